The molecule has 1 amide bonds. The summed E-state index contributed by atoms with van der Waals surface area (Å²) in [7, 11) is 0. The van der Waals surface area contributed by atoms with Crippen molar-refractivity contribution in [3.63, 3.8) is 0 Å². The van der Waals surface area contributed by atoms with E-state index in [1.807, 2.05) is 0 Å². The molecule has 3 aromatic rings. The van der Waals surface area contributed by atoms with Gasteiger partial charge in [0.2, 0.25) is 0 Å². The molecule has 0 heterocycles. The SMILES string of the molecule is CCOC(Cc1ccc(OCCN(CCCOCc2ccc(F)cc2)C(=O)Oc2ccc(F)cc2F)cc1)C(=O)O. The number of carboxylic acid groups (broad SMARTS) is 1. The first kappa shape index (κ1) is 31.4. The first-order valence-electron chi connectivity index (χ1n) is 13.0. The van der Waals surface area contributed by atoms with Gasteiger partial charge in [0.15, 0.2) is 17.7 Å². The Morgan fingerprint density at radius 2 is 1.56 bits per heavy atom. The number of ether oxygens (including phenoxy) is 4. The van der Waals surface area contributed by atoms with Gasteiger partial charge in [-0.1, -0.05) is 24.3 Å². The molecule has 1 atom stereocenters. The van der Waals surface area contributed by atoms with Crippen molar-refractivity contribution >= 4 is 12.1 Å². The molecule has 8 nitrogen and oxygen atoms in total. The van der Waals surface area contributed by atoms with Gasteiger partial charge in [-0.25, -0.2) is 22.8 Å². The molecule has 0 aromatic heterocycles. The average Bonchev–Trinajstić information content (AvgIpc) is 2.95. The molecule has 1 N–H and O–H groups in total. The molecule has 1 unspecified atom stereocenters. The lowest BCUT2D eigenvalue weighted by Gasteiger charge is -2.22. The van der Waals surface area contributed by atoms with E-state index in [0.29, 0.717) is 18.2 Å². The summed E-state index contributed by atoms with van der Waals surface area (Å²) in [6, 6.07) is 15.4. The van der Waals surface area contributed by atoms with Crippen LogP contribution in [0.4, 0.5) is 18.0 Å². The van der Waals surface area contributed by atoms with Gasteiger partial charge in [-0.2, -0.15) is 0 Å². The topological polar surface area (TPSA) is 94.5 Å². The second kappa shape index (κ2) is 16.2. The minimum atomic E-state index is -1.04. The lowest BCUT2D eigenvalue weighted by molar-refractivity contribution is -0.149. The smallest absolute Gasteiger partial charge is 0.415 e. The maximum Gasteiger partial charge on any atom is 0.415 e. The monoisotopic (exact) mass is 575 g/mol. The van der Waals surface area contributed by atoms with Crippen LogP contribution in [0, 0.1) is 17.5 Å². The summed E-state index contributed by atoms with van der Waals surface area (Å²) in [5, 5.41) is 9.26. The molecule has 0 saturated heterocycles. The number of carbonyl (C=O) groups excluding carboxylic acids is 1. The number of rotatable bonds is 16. The second-order valence-electron chi connectivity index (χ2n) is 8.94. The Hall–Kier alpha value is -4.09. The minimum Gasteiger partial charge on any atom is -0.492 e. The molecule has 0 spiro atoms. The molecular formula is C30H32F3NO7. The number of benzene rings is 3. The molecule has 0 aliphatic heterocycles. The van der Waals surface area contributed by atoms with Crippen molar-refractivity contribution in [1.29, 1.82) is 0 Å². The molecule has 3 rings (SSSR count). The van der Waals surface area contributed by atoms with Crippen molar-refractivity contribution in [3.05, 3.63) is 95.3 Å². The third kappa shape index (κ3) is 10.8. The third-order valence-corrected chi connectivity index (χ3v) is 5.87. The molecule has 0 aliphatic rings. The van der Waals surface area contributed by atoms with Gasteiger partial charge >= 0.3 is 12.1 Å². The maximum absolute atomic E-state index is 14.0. The zero-order valence-electron chi connectivity index (χ0n) is 22.6. The molecule has 0 bridgehead atoms. The Morgan fingerprint density at radius 3 is 2.22 bits per heavy atom. The largest absolute Gasteiger partial charge is 0.492 e. The Bertz CT molecular complexity index is 1260. The van der Waals surface area contributed by atoms with E-state index in [2.05, 4.69) is 0 Å². The fourth-order valence-electron chi connectivity index (χ4n) is 3.77. The van der Waals surface area contributed by atoms with E-state index in [1.54, 1.807) is 43.3 Å². The summed E-state index contributed by atoms with van der Waals surface area (Å²) in [6.07, 6.45) is -1.17. The van der Waals surface area contributed by atoms with Crippen LogP contribution in [0.5, 0.6) is 11.5 Å². The summed E-state index contributed by atoms with van der Waals surface area (Å²) < 4.78 is 62.1. The summed E-state index contributed by atoms with van der Waals surface area (Å²) in [5.74, 6) is -3.10. The molecule has 220 valence electrons. The van der Waals surface area contributed by atoms with E-state index in [4.69, 9.17) is 18.9 Å². The van der Waals surface area contributed by atoms with Crippen molar-refractivity contribution in [2.75, 3.05) is 32.9 Å². The van der Waals surface area contributed by atoms with Gasteiger partial charge in [0.1, 0.15) is 24.0 Å². The molecule has 0 saturated carbocycles. The number of halogens is 3. The van der Waals surface area contributed by atoms with E-state index >= 15 is 0 Å². The van der Waals surface area contributed by atoms with Gasteiger partial charge in [0.25, 0.3) is 0 Å². The number of carbonyl (C=O) groups is 2. The molecule has 3 aromatic carbocycles. The van der Waals surface area contributed by atoms with Gasteiger partial charge in [-0.3, -0.25) is 0 Å². The molecule has 0 fully saturated rings. The van der Waals surface area contributed by atoms with Gasteiger partial charge in [0, 0.05) is 32.2 Å². The Balaban J connectivity index is 1.53. The van der Waals surface area contributed by atoms with Gasteiger partial charge in [-0.15, -0.1) is 0 Å². The summed E-state index contributed by atoms with van der Waals surface area (Å²) >= 11 is 0. The average molecular weight is 576 g/mol. The highest BCUT2D eigenvalue weighted by molar-refractivity contribution is 5.72. The molecule has 0 aliphatic carbocycles. The molecule has 0 radical (unpaired) electrons. The first-order chi connectivity index (χ1) is 19.7. The first-order valence-corrected chi connectivity index (χ1v) is 13.0. The predicted molar refractivity (Wildman–Crippen MR) is 143 cm³/mol. The lowest BCUT2D eigenvalue weighted by Crippen LogP contribution is -2.38. The van der Waals surface area contributed by atoms with Crippen LogP contribution in [0.1, 0.15) is 24.5 Å². The number of hydrogen-bond acceptors (Lipinski definition) is 6. The van der Waals surface area contributed by atoms with Gasteiger partial charge < -0.3 is 29.0 Å². The molecule has 11 heteroatoms. The second-order valence-corrected chi connectivity index (χ2v) is 8.94. The van der Waals surface area contributed by atoms with E-state index < -0.39 is 35.6 Å². The van der Waals surface area contributed by atoms with Crippen LogP contribution in [0.15, 0.2) is 66.7 Å². The van der Waals surface area contributed by atoms with Crippen LogP contribution in [0.3, 0.4) is 0 Å². The van der Waals surface area contributed by atoms with Crippen molar-refractivity contribution in [3.8, 4) is 11.5 Å². The molecular weight excluding hydrogens is 543 g/mol. The summed E-state index contributed by atoms with van der Waals surface area (Å²) in [5.41, 5.74) is 1.55. The summed E-state index contributed by atoms with van der Waals surface area (Å²) in [4.78, 5) is 25.4. The van der Waals surface area contributed by atoms with Crippen molar-refractivity contribution in [2.45, 2.75) is 32.5 Å². The van der Waals surface area contributed by atoms with Crippen molar-refractivity contribution < 1.29 is 46.8 Å². The number of amides is 1. The van der Waals surface area contributed by atoms with Crippen molar-refractivity contribution in [2.24, 2.45) is 0 Å². The van der Waals surface area contributed by atoms with Crippen molar-refractivity contribution in [1.82, 2.24) is 4.90 Å². The van der Waals surface area contributed by atoms with Crippen LogP contribution in [0.25, 0.3) is 0 Å². The van der Waals surface area contributed by atoms with Crippen LogP contribution in [0.2, 0.25) is 0 Å². The Kier molecular flexibility index (Phi) is 12.5. The quantitative estimate of drug-likeness (QED) is 0.222. The van der Waals surface area contributed by atoms with Crippen LogP contribution in [-0.4, -0.2) is 61.1 Å². The van der Waals surface area contributed by atoms with E-state index in [1.165, 1.54) is 17.0 Å². The fourth-order valence-corrected chi connectivity index (χ4v) is 3.77. The number of aliphatic carboxylic acids is 1. The maximum atomic E-state index is 14.0. The fraction of sp³-hybridized carbons (Fsp3) is 0.333. The van der Waals surface area contributed by atoms with Gasteiger partial charge in [-0.05, 0) is 60.9 Å². The third-order valence-electron chi connectivity index (χ3n) is 5.87. The number of hydrogen-bond donors (Lipinski definition) is 1. The van der Waals surface area contributed by atoms with Crippen LogP contribution in [-0.2, 0) is 27.3 Å². The highest BCUT2D eigenvalue weighted by Crippen LogP contribution is 2.19. The van der Waals surface area contributed by atoms with E-state index in [9.17, 15) is 27.9 Å². The normalized spacial score (nSPS) is 11.6. The van der Waals surface area contributed by atoms with E-state index in [-0.39, 0.29) is 51.8 Å². The molecule has 41 heavy (non-hydrogen) atoms. The zero-order valence-corrected chi connectivity index (χ0v) is 22.6. The van der Waals surface area contributed by atoms with E-state index in [0.717, 1.165) is 23.3 Å². The number of carboxylic acids is 1. The summed E-state index contributed by atoms with van der Waals surface area (Å²) in [6.45, 7) is 2.92. The Morgan fingerprint density at radius 1 is 0.878 bits per heavy atom. The lowest BCUT2D eigenvalue weighted by atomic mass is 10.1. The number of nitrogens with zero attached hydrogens (tertiary/aromatic N) is 1. The Labute approximate surface area is 236 Å². The van der Waals surface area contributed by atoms with Crippen LogP contribution < -0.4 is 9.47 Å². The zero-order chi connectivity index (χ0) is 29.6. The predicted octanol–water partition coefficient (Wildman–Crippen LogP) is 5.62. The standard InChI is InChI=1S/C30H32F3NO7/c1-2-39-28(29(35)36)18-21-6-11-25(12-7-21)40-17-15-34(30(37)41-27-13-10-24(32)19-26(27)33)14-3-16-38-20-22-4-8-23(31)9-5-22/h4-13,19,28H,2-3,14-18,20H2,1H3,(H,35,36). The highest BCUT2D eigenvalue weighted by atomic mass is 19.1. The van der Waals surface area contributed by atoms with Gasteiger partial charge in [0.05, 0.1) is 13.2 Å². The minimum absolute atomic E-state index is 0.0769. The van der Waals surface area contributed by atoms with Crippen LogP contribution >= 0.6 is 0 Å². The highest BCUT2D eigenvalue weighted by Gasteiger charge is 2.19.